The van der Waals surface area contributed by atoms with Gasteiger partial charge in [-0.2, -0.15) is 0 Å². The number of nitrogens with one attached hydrogen (secondary N) is 3. The molecule has 1 aromatic carbocycles. The lowest BCUT2D eigenvalue weighted by Gasteiger charge is -2.27. The minimum absolute atomic E-state index is 0.211. The number of carbonyl (C=O) groups excluding carboxylic acids is 4. The molecule has 13 heteroatoms. The molecule has 0 spiro atoms. The molecule has 3 N–H and O–H groups in total. The summed E-state index contributed by atoms with van der Waals surface area (Å²) in [5.74, 6) is -1.59. The highest BCUT2D eigenvalue weighted by Gasteiger charge is 2.32. The van der Waals surface area contributed by atoms with Crippen LogP contribution in [-0.2, 0) is 43.2 Å². The minimum atomic E-state index is -0.895. The van der Waals surface area contributed by atoms with Crippen molar-refractivity contribution in [3.05, 3.63) is 41.7 Å². The number of methoxy groups -OCH3 is 1. The summed E-state index contributed by atoms with van der Waals surface area (Å²) in [5, 5.41) is 20.2. The van der Waals surface area contributed by atoms with Crippen molar-refractivity contribution >= 4 is 23.9 Å². The van der Waals surface area contributed by atoms with Crippen molar-refractivity contribution in [3.63, 3.8) is 0 Å². The summed E-state index contributed by atoms with van der Waals surface area (Å²) in [7, 11) is 1.26. The first-order chi connectivity index (χ1) is 19.7. The van der Waals surface area contributed by atoms with Crippen LogP contribution in [0.2, 0.25) is 0 Å². The second-order valence-electron chi connectivity index (χ2n) is 11.7. The number of hydrogen-bond donors (Lipinski definition) is 3. The molecular weight excluding hydrogens is 542 g/mol. The third-order valence-electron chi connectivity index (χ3n) is 6.61. The fraction of sp³-hybridized carbons (Fsp3) is 0.621. The maximum atomic E-state index is 13.2. The van der Waals surface area contributed by atoms with Gasteiger partial charge in [-0.25, -0.2) is 14.3 Å². The van der Waals surface area contributed by atoms with Crippen molar-refractivity contribution in [2.75, 3.05) is 7.11 Å². The van der Waals surface area contributed by atoms with Gasteiger partial charge in [-0.05, 0) is 55.0 Å². The summed E-state index contributed by atoms with van der Waals surface area (Å²) in [5.41, 5.74) is 0.315. The van der Waals surface area contributed by atoms with Crippen LogP contribution < -0.4 is 16.0 Å². The van der Waals surface area contributed by atoms with Gasteiger partial charge in [0.15, 0.2) is 5.82 Å². The fourth-order valence-corrected chi connectivity index (χ4v) is 4.18. The Labute approximate surface area is 247 Å². The van der Waals surface area contributed by atoms with Gasteiger partial charge in [-0.3, -0.25) is 9.59 Å². The maximum Gasteiger partial charge on any atom is 0.407 e. The van der Waals surface area contributed by atoms with Crippen molar-refractivity contribution < 1.29 is 28.7 Å². The Morgan fingerprint density at radius 2 is 1.62 bits per heavy atom. The van der Waals surface area contributed by atoms with E-state index in [0.29, 0.717) is 18.7 Å². The second-order valence-corrected chi connectivity index (χ2v) is 11.7. The van der Waals surface area contributed by atoms with Gasteiger partial charge in [0.1, 0.15) is 24.2 Å². The first-order valence-corrected chi connectivity index (χ1v) is 14.2. The van der Waals surface area contributed by atoms with Crippen molar-refractivity contribution in [1.82, 2.24) is 36.2 Å². The van der Waals surface area contributed by atoms with E-state index in [-0.39, 0.29) is 24.8 Å². The molecule has 0 saturated carbocycles. The number of aromatic nitrogens is 4. The smallest absolute Gasteiger partial charge is 0.407 e. The number of nitrogens with zero attached hydrogens (tertiary/aromatic N) is 4. The van der Waals surface area contributed by atoms with E-state index in [4.69, 9.17) is 9.47 Å². The number of alkyl carbamates (subject to hydrolysis) is 1. The molecule has 0 fully saturated rings. The third-order valence-corrected chi connectivity index (χ3v) is 6.61. The van der Waals surface area contributed by atoms with Gasteiger partial charge in [0.2, 0.25) is 11.8 Å². The van der Waals surface area contributed by atoms with Gasteiger partial charge < -0.3 is 25.4 Å². The molecule has 2 aromatic rings. The standard InChI is InChI=1S/C29H45N7O6/c1-9-19(4)25(26(38)32-24(18(2)3)27(39)41-8)31-23(37)17-36-22(33-34-35-36)16-21(15-20-13-11-10-12-14-20)30-28(40)42-29(5,6)7/h10-14,18-19,21,24-25H,9,15-17H2,1-8H3,(H,30,40)(H,31,37)(H,32,38)/t19-,21-,24-,25-/m0/s1. The van der Waals surface area contributed by atoms with Gasteiger partial charge in [0.05, 0.1) is 7.11 Å². The Balaban J connectivity index is 2.17. The zero-order valence-corrected chi connectivity index (χ0v) is 25.8. The lowest BCUT2D eigenvalue weighted by atomic mass is 9.96. The van der Waals surface area contributed by atoms with Crippen molar-refractivity contribution in [3.8, 4) is 0 Å². The molecular formula is C29H45N7O6. The molecule has 0 saturated heterocycles. The number of carbonyl (C=O) groups is 4. The van der Waals surface area contributed by atoms with Crippen molar-refractivity contribution in [2.24, 2.45) is 11.8 Å². The summed E-state index contributed by atoms with van der Waals surface area (Å²) >= 11 is 0. The van der Waals surface area contributed by atoms with Gasteiger partial charge >= 0.3 is 12.1 Å². The van der Waals surface area contributed by atoms with Crippen molar-refractivity contribution in [1.29, 1.82) is 0 Å². The zero-order valence-electron chi connectivity index (χ0n) is 25.8. The van der Waals surface area contributed by atoms with E-state index in [1.165, 1.54) is 11.8 Å². The predicted molar refractivity (Wildman–Crippen MR) is 155 cm³/mol. The molecule has 3 amide bonds. The minimum Gasteiger partial charge on any atom is -0.467 e. The molecule has 0 aliphatic carbocycles. The SMILES string of the molecule is CC[C@H](C)[C@H](NC(=O)Cn1nnnc1C[C@H](Cc1ccccc1)NC(=O)OC(C)(C)C)C(=O)N[C@H](C(=O)OC)C(C)C. The summed E-state index contributed by atoms with van der Waals surface area (Å²) in [4.78, 5) is 51.1. The summed E-state index contributed by atoms with van der Waals surface area (Å²) in [6.45, 7) is 12.4. The highest BCUT2D eigenvalue weighted by Crippen LogP contribution is 2.13. The topological polar surface area (TPSA) is 166 Å². The summed E-state index contributed by atoms with van der Waals surface area (Å²) < 4.78 is 11.6. The van der Waals surface area contributed by atoms with E-state index in [2.05, 4.69) is 31.5 Å². The van der Waals surface area contributed by atoms with Crippen LogP contribution in [0.3, 0.4) is 0 Å². The quantitative estimate of drug-likeness (QED) is 0.281. The lowest BCUT2D eigenvalue weighted by Crippen LogP contribution is -2.55. The summed E-state index contributed by atoms with van der Waals surface area (Å²) in [6.07, 6.45) is 0.733. The molecule has 0 unspecified atom stereocenters. The lowest BCUT2D eigenvalue weighted by molar-refractivity contribution is -0.146. The van der Waals surface area contributed by atoms with Crippen LogP contribution in [0.4, 0.5) is 4.79 Å². The average Bonchev–Trinajstić information content (AvgIpc) is 3.34. The van der Waals surface area contributed by atoms with Crippen molar-refractivity contribution in [2.45, 2.75) is 98.0 Å². The number of tetrazole rings is 1. The van der Waals surface area contributed by atoms with Gasteiger partial charge in [0.25, 0.3) is 0 Å². The van der Waals surface area contributed by atoms with Crippen LogP contribution in [0, 0.1) is 11.8 Å². The normalized spacial score (nSPS) is 14.3. The first-order valence-electron chi connectivity index (χ1n) is 14.2. The molecule has 0 aliphatic heterocycles. The zero-order chi connectivity index (χ0) is 31.4. The Morgan fingerprint density at radius 3 is 2.19 bits per heavy atom. The van der Waals surface area contributed by atoms with E-state index in [0.717, 1.165) is 5.56 Å². The Morgan fingerprint density at radius 1 is 0.952 bits per heavy atom. The van der Waals surface area contributed by atoms with Crippen LogP contribution >= 0.6 is 0 Å². The maximum absolute atomic E-state index is 13.2. The fourth-order valence-electron chi connectivity index (χ4n) is 4.18. The molecule has 13 nitrogen and oxygen atoms in total. The van der Waals surface area contributed by atoms with Crippen LogP contribution in [0.1, 0.15) is 66.3 Å². The highest BCUT2D eigenvalue weighted by atomic mass is 16.6. The number of amides is 3. The monoisotopic (exact) mass is 587 g/mol. The Kier molecular flexibility index (Phi) is 12.9. The van der Waals surface area contributed by atoms with Crippen LogP contribution in [0.25, 0.3) is 0 Å². The highest BCUT2D eigenvalue weighted by molar-refractivity contribution is 5.91. The number of benzene rings is 1. The van der Waals surface area contributed by atoms with Crippen LogP contribution in [-0.4, -0.2) is 74.9 Å². The molecule has 232 valence electrons. The van der Waals surface area contributed by atoms with Gasteiger partial charge in [-0.15, -0.1) is 5.10 Å². The molecule has 42 heavy (non-hydrogen) atoms. The average molecular weight is 588 g/mol. The number of ether oxygens (including phenoxy) is 2. The largest absolute Gasteiger partial charge is 0.467 e. The summed E-state index contributed by atoms with van der Waals surface area (Å²) in [6, 6.07) is 7.45. The first kappa shape index (κ1) is 34.2. The number of esters is 1. The van der Waals surface area contributed by atoms with E-state index in [1.807, 2.05) is 44.2 Å². The van der Waals surface area contributed by atoms with Crippen LogP contribution in [0.5, 0.6) is 0 Å². The Bertz CT molecular complexity index is 1180. The van der Waals surface area contributed by atoms with E-state index < -0.39 is 47.6 Å². The van der Waals surface area contributed by atoms with Gasteiger partial charge in [-0.1, -0.05) is 64.4 Å². The molecule has 1 aromatic heterocycles. The van der Waals surface area contributed by atoms with E-state index in [1.54, 1.807) is 34.6 Å². The molecule has 1 heterocycles. The third kappa shape index (κ3) is 11.1. The van der Waals surface area contributed by atoms with E-state index in [9.17, 15) is 19.2 Å². The number of rotatable bonds is 14. The number of hydrogen-bond acceptors (Lipinski definition) is 9. The van der Waals surface area contributed by atoms with E-state index >= 15 is 0 Å². The molecule has 0 aliphatic rings. The molecule has 0 bridgehead atoms. The molecule has 4 atom stereocenters. The molecule has 2 rings (SSSR count). The van der Waals surface area contributed by atoms with Gasteiger partial charge in [0, 0.05) is 12.5 Å². The predicted octanol–water partition coefficient (Wildman–Crippen LogP) is 2.20. The Hall–Kier alpha value is -4.03. The second kappa shape index (κ2) is 15.8. The van der Waals surface area contributed by atoms with Crippen LogP contribution in [0.15, 0.2) is 30.3 Å². The molecule has 0 radical (unpaired) electrons.